The van der Waals surface area contributed by atoms with E-state index >= 15 is 0 Å². The fraction of sp³-hybridized carbons (Fsp3) is 0.400. The molecule has 1 aromatic heterocycles. The normalized spacial score (nSPS) is 22.4. The minimum atomic E-state index is -1.59. The van der Waals surface area contributed by atoms with Crippen molar-refractivity contribution < 1.29 is 28.8 Å². The van der Waals surface area contributed by atoms with Crippen LogP contribution < -0.4 is 5.32 Å². The second-order valence-corrected chi connectivity index (χ2v) is 8.59. The van der Waals surface area contributed by atoms with Gasteiger partial charge >= 0.3 is 0 Å². The van der Waals surface area contributed by atoms with Crippen LogP contribution in [0.3, 0.4) is 0 Å². The van der Waals surface area contributed by atoms with Gasteiger partial charge in [0.2, 0.25) is 5.76 Å². The molecule has 0 bridgehead atoms. The monoisotopic (exact) mass is 477 g/mol. The Balaban J connectivity index is 1.55. The largest absolute Gasteiger partial charge is 0.378 e. The molecule has 1 unspecified atom stereocenters. The molecule has 1 atom stereocenters. The van der Waals surface area contributed by atoms with E-state index in [9.17, 15) is 19.5 Å². The average Bonchev–Trinajstić information content (AvgIpc) is 3.34. The molecule has 3 heterocycles. The Kier molecular flexibility index (Phi) is 5.25. The zero-order valence-electron chi connectivity index (χ0n) is 16.2. The van der Waals surface area contributed by atoms with E-state index in [2.05, 4.69) is 26.4 Å². The first-order chi connectivity index (χ1) is 14.2. The van der Waals surface area contributed by atoms with Gasteiger partial charge in [-0.3, -0.25) is 14.4 Å². The molecule has 2 aromatic rings. The molecule has 10 heteroatoms. The third-order valence-corrected chi connectivity index (χ3v) is 5.99. The van der Waals surface area contributed by atoms with Crippen LogP contribution in [0.4, 0.5) is 0 Å². The number of carbonyl (C=O) groups is 3. The van der Waals surface area contributed by atoms with E-state index in [0.29, 0.717) is 6.61 Å². The molecular formula is C20H20BrN3O6. The molecule has 0 saturated carbocycles. The number of hydrogen-bond acceptors (Lipinski definition) is 7. The third kappa shape index (κ3) is 3.66. The van der Waals surface area contributed by atoms with Crippen molar-refractivity contribution in [3.05, 3.63) is 51.8 Å². The molecule has 158 valence electrons. The summed E-state index contributed by atoms with van der Waals surface area (Å²) >= 11 is 3.39. The maximum absolute atomic E-state index is 12.8. The van der Waals surface area contributed by atoms with Gasteiger partial charge in [0.05, 0.1) is 26.3 Å². The molecule has 1 aromatic carbocycles. The lowest BCUT2D eigenvalue weighted by Gasteiger charge is -2.51. The summed E-state index contributed by atoms with van der Waals surface area (Å²) < 4.78 is 10.9. The van der Waals surface area contributed by atoms with Crippen LogP contribution in [-0.4, -0.2) is 64.7 Å². The van der Waals surface area contributed by atoms with Gasteiger partial charge in [-0.1, -0.05) is 33.2 Å². The predicted octanol–water partition coefficient (Wildman–Crippen LogP) is 1.26. The highest BCUT2D eigenvalue weighted by atomic mass is 79.9. The summed E-state index contributed by atoms with van der Waals surface area (Å²) in [6.45, 7) is 1.93. The number of likely N-dealkylation sites (tertiary alicyclic amines) is 1. The number of benzene rings is 1. The smallest absolute Gasteiger partial charge is 0.276 e. The van der Waals surface area contributed by atoms with Crippen LogP contribution >= 0.6 is 15.9 Å². The molecule has 2 aliphatic rings. The third-order valence-electron chi connectivity index (χ3n) is 5.46. The summed E-state index contributed by atoms with van der Waals surface area (Å²) in [5.74, 6) is -1.25. The molecule has 2 aliphatic heterocycles. The lowest BCUT2D eigenvalue weighted by atomic mass is 9.81. The van der Waals surface area contributed by atoms with E-state index in [4.69, 9.17) is 9.26 Å². The quantitative estimate of drug-likeness (QED) is 0.621. The zero-order valence-corrected chi connectivity index (χ0v) is 17.8. The van der Waals surface area contributed by atoms with Crippen molar-refractivity contribution in [1.82, 2.24) is 15.4 Å². The number of Topliss-reactive ketones (excluding diaryl/α,β-unsaturated/α-hetero) is 1. The van der Waals surface area contributed by atoms with Gasteiger partial charge in [0.25, 0.3) is 11.8 Å². The first-order valence-electron chi connectivity index (χ1n) is 9.38. The first kappa shape index (κ1) is 20.7. The van der Waals surface area contributed by atoms with Gasteiger partial charge in [0.1, 0.15) is 5.54 Å². The van der Waals surface area contributed by atoms with Gasteiger partial charge < -0.3 is 24.6 Å². The second kappa shape index (κ2) is 7.60. The van der Waals surface area contributed by atoms with Crippen molar-refractivity contribution in [2.24, 2.45) is 0 Å². The highest BCUT2D eigenvalue weighted by molar-refractivity contribution is 9.10. The van der Waals surface area contributed by atoms with Crippen LogP contribution in [0.15, 0.2) is 39.3 Å². The number of halogens is 1. The van der Waals surface area contributed by atoms with Crippen LogP contribution in [0.2, 0.25) is 0 Å². The Morgan fingerprint density at radius 1 is 1.23 bits per heavy atom. The number of ether oxygens (including phenoxy) is 1. The van der Waals surface area contributed by atoms with Crippen LogP contribution in [0.1, 0.15) is 40.0 Å². The van der Waals surface area contributed by atoms with Gasteiger partial charge in [-0.05, 0) is 17.7 Å². The molecule has 2 amide bonds. The summed E-state index contributed by atoms with van der Waals surface area (Å²) in [6, 6.07) is 8.70. The first-order valence-corrected chi connectivity index (χ1v) is 10.2. The summed E-state index contributed by atoms with van der Waals surface area (Å²) in [5, 5.41) is 17.2. The van der Waals surface area contributed by atoms with Crippen molar-refractivity contribution >= 4 is 33.5 Å². The predicted molar refractivity (Wildman–Crippen MR) is 107 cm³/mol. The number of rotatable bonds is 5. The Morgan fingerprint density at radius 2 is 1.93 bits per heavy atom. The Labute approximate surface area is 180 Å². The van der Waals surface area contributed by atoms with Crippen LogP contribution in [0.25, 0.3) is 0 Å². The van der Waals surface area contributed by atoms with Crippen molar-refractivity contribution in [2.75, 3.05) is 26.3 Å². The zero-order chi connectivity index (χ0) is 21.5. The Bertz CT molecular complexity index is 990. The highest BCUT2D eigenvalue weighted by Gasteiger charge is 2.51. The lowest BCUT2D eigenvalue weighted by molar-refractivity contribution is -0.144. The number of amides is 2. The van der Waals surface area contributed by atoms with Crippen LogP contribution in [0.5, 0.6) is 0 Å². The number of aromatic nitrogens is 1. The molecule has 0 aliphatic carbocycles. The fourth-order valence-electron chi connectivity index (χ4n) is 3.62. The average molecular weight is 478 g/mol. The van der Waals surface area contributed by atoms with Crippen molar-refractivity contribution in [1.29, 1.82) is 0 Å². The molecule has 30 heavy (non-hydrogen) atoms. The van der Waals surface area contributed by atoms with E-state index in [0.717, 1.165) is 10.0 Å². The van der Waals surface area contributed by atoms with Crippen LogP contribution in [-0.2, 0) is 15.1 Å². The maximum Gasteiger partial charge on any atom is 0.276 e. The lowest BCUT2D eigenvalue weighted by Crippen LogP contribution is -2.71. The number of carbonyl (C=O) groups excluding carboxylic acids is 3. The van der Waals surface area contributed by atoms with Gasteiger partial charge in [0.15, 0.2) is 17.1 Å². The summed E-state index contributed by atoms with van der Waals surface area (Å²) in [7, 11) is 0. The van der Waals surface area contributed by atoms with E-state index in [1.165, 1.54) is 17.9 Å². The Morgan fingerprint density at radius 3 is 2.50 bits per heavy atom. The molecule has 2 fully saturated rings. The molecule has 4 rings (SSSR count). The van der Waals surface area contributed by atoms with Crippen molar-refractivity contribution in [3.63, 3.8) is 0 Å². The topological polar surface area (TPSA) is 122 Å². The SMILES string of the molecule is CC(=O)c1cc(C(=O)N2CC(NC(=O)C3(O)CCOC3)(c3ccc(Br)cc3)C2)no1. The number of nitrogens with one attached hydrogen (secondary N) is 1. The van der Waals surface area contributed by atoms with Crippen molar-refractivity contribution in [2.45, 2.75) is 24.5 Å². The van der Waals surface area contributed by atoms with E-state index in [1.54, 1.807) is 0 Å². The van der Waals surface area contributed by atoms with Gasteiger partial charge in [0, 0.05) is 23.9 Å². The summed E-state index contributed by atoms with van der Waals surface area (Å²) in [5.41, 5.74) is -1.62. The molecule has 2 N–H and O–H groups in total. The Hall–Kier alpha value is -2.56. The van der Waals surface area contributed by atoms with Gasteiger partial charge in [-0.2, -0.15) is 0 Å². The van der Waals surface area contributed by atoms with E-state index in [-0.39, 0.29) is 43.4 Å². The summed E-state index contributed by atoms with van der Waals surface area (Å²) in [6.07, 6.45) is 0.213. The minimum absolute atomic E-state index is 0.00908. The van der Waals surface area contributed by atoms with E-state index in [1.807, 2.05) is 24.3 Å². The maximum atomic E-state index is 12.8. The molecular weight excluding hydrogens is 458 g/mol. The number of nitrogens with zero attached hydrogens (tertiary/aromatic N) is 2. The fourth-order valence-corrected chi connectivity index (χ4v) is 3.89. The molecule has 0 spiro atoms. The second-order valence-electron chi connectivity index (χ2n) is 7.67. The van der Waals surface area contributed by atoms with Gasteiger partial charge in [-0.15, -0.1) is 0 Å². The molecule has 9 nitrogen and oxygen atoms in total. The number of aliphatic hydroxyl groups is 1. The number of ketones is 1. The minimum Gasteiger partial charge on any atom is -0.378 e. The van der Waals surface area contributed by atoms with E-state index < -0.39 is 23.0 Å². The molecule has 2 saturated heterocycles. The highest BCUT2D eigenvalue weighted by Crippen LogP contribution is 2.35. The van der Waals surface area contributed by atoms with Crippen molar-refractivity contribution in [3.8, 4) is 0 Å². The number of hydrogen-bond donors (Lipinski definition) is 2. The van der Waals surface area contributed by atoms with Crippen LogP contribution in [0, 0.1) is 0 Å². The van der Waals surface area contributed by atoms with Gasteiger partial charge in [-0.25, -0.2) is 0 Å². The molecule has 0 radical (unpaired) electrons. The standard InChI is InChI=1S/C20H20BrN3O6/c1-12(25)16-8-15(23-30-16)17(26)24-9-19(10-24,13-2-4-14(21)5-3-13)22-18(27)20(28)6-7-29-11-20/h2-5,8,28H,6-7,9-11H2,1H3,(H,22,27). The summed E-state index contributed by atoms with van der Waals surface area (Å²) in [4.78, 5) is 38.4.